The lowest BCUT2D eigenvalue weighted by molar-refractivity contribution is 0.0366. The number of unbranched alkanes of at least 4 members (excludes halogenated alkanes) is 1. The second-order valence-electron chi connectivity index (χ2n) is 9.02. The van der Waals surface area contributed by atoms with Crippen LogP contribution in [0.5, 0.6) is 11.5 Å². The van der Waals surface area contributed by atoms with Gasteiger partial charge in [0.2, 0.25) is 0 Å². The highest BCUT2D eigenvalue weighted by molar-refractivity contribution is 6.04. The smallest absolute Gasteiger partial charge is 0.255 e. The van der Waals surface area contributed by atoms with E-state index in [1.54, 1.807) is 12.1 Å². The number of amides is 1. The quantitative estimate of drug-likeness (QED) is 0.508. The second-order valence-corrected chi connectivity index (χ2v) is 9.02. The van der Waals surface area contributed by atoms with Crippen LogP contribution in [0.25, 0.3) is 0 Å². The number of ether oxygens (including phenoxy) is 2. The SMILES string of the molecule is CCCCOc1ccc(C(=O)Nc2ccc(OCC3CCCN4CCCCC34)cc2)cc1. The molecule has 1 amide bonds. The van der Waals surface area contributed by atoms with Gasteiger partial charge >= 0.3 is 0 Å². The number of nitrogens with zero attached hydrogens (tertiary/aromatic N) is 1. The molecule has 0 aromatic heterocycles. The van der Waals surface area contributed by atoms with E-state index in [0.29, 0.717) is 24.1 Å². The topological polar surface area (TPSA) is 50.8 Å². The van der Waals surface area contributed by atoms with Crippen LogP contribution in [0.3, 0.4) is 0 Å². The monoisotopic (exact) mass is 436 g/mol. The Labute approximate surface area is 192 Å². The molecule has 5 heteroatoms. The zero-order valence-electron chi connectivity index (χ0n) is 19.2. The molecule has 0 radical (unpaired) electrons. The third kappa shape index (κ3) is 6.04. The van der Waals surface area contributed by atoms with E-state index in [1.165, 1.54) is 45.2 Å². The molecule has 2 aromatic rings. The highest BCUT2D eigenvalue weighted by atomic mass is 16.5. The van der Waals surface area contributed by atoms with Crippen molar-refractivity contribution in [2.45, 2.75) is 57.9 Å². The van der Waals surface area contributed by atoms with E-state index in [-0.39, 0.29) is 5.91 Å². The van der Waals surface area contributed by atoms with E-state index >= 15 is 0 Å². The summed E-state index contributed by atoms with van der Waals surface area (Å²) in [5.74, 6) is 2.16. The van der Waals surface area contributed by atoms with Gasteiger partial charge in [-0.3, -0.25) is 9.69 Å². The fourth-order valence-electron chi connectivity index (χ4n) is 4.85. The van der Waals surface area contributed by atoms with Crippen molar-refractivity contribution in [2.75, 3.05) is 31.6 Å². The van der Waals surface area contributed by atoms with E-state index in [4.69, 9.17) is 9.47 Å². The maximum atomic E-state index is 12.5. The summed E-state index contributed by atoms with van der Waals surface area (Å²) in [7, 11) is 0. The minimum absolute atomic E-state index is 0.127. The fraction of sp³-hybridized carbons (Fsp3) is 0.519. The Morgan fingerprint density at radius 1 is 0.938 bits per heavy atom. The van der Waals surface area contributed by atoms with Gasteiger partial charge in [0.1, 0.15) is 11.5 Å². The van der Waals surface area contributed by atoms with Gasteiger partial charge in [-0.1, -0.05) is 19.8 Å². The molecule has 2 fully saturated rings. The number of benzene rings is 2. The van der Waals surface area contributed by atoms with Gasteiger partial charge in [0, 0.05) is 23.2 Å². The number of carbonyl (C=O) groups excluding carboxylic acids is 1. The number of hydrogen-bond donors (Lipinski definition) is 1. The Balaban J connectivity index is 1.25. The lowest BCUT2D eigenvalue weighted by Crippen LogP contribution is -2.49. The number of piperidine rings is 2. The molecule has 0 aliphatic carbocycles. The number of carbonyl (C=O) groups is 1. The molecule has 4 rings (SSSR count). The average molecular weight is 437 g/mol. The Bertz CT molecular complexity index is 848. The number of fused-ring (bicyclic) bond motifs is 1. The van der Waals surface area contributed by atoms with Gasteiger partial charge < -0.3 is 14.8 Å². The highest BCUT2D eigenvalue weighted by Gasteiger charge is 2.33. The first-order valence-corrected chi connectivity index (χ1v) is 12.2. The van der Waals surface area contributed by atoms with Gasteiger partial charge in [-0.05, 0) is 93.7 Å². The molecule has 2 unspecified atom stereocenters. The summed E-state index contributed by atoms with van der Waals surface area (Å²) in [6.07, 6.45) is 8.67. The van der Waals surface area contributed by atoms with Crippen LogP contribution in [0.15, 0.2) is 48.5 Å². The molecule has 2 aliphatic rings. The zero-order valence-corrected chi connectivity index (χ0v) is 19.2. The van der Waals surface area contributed by atoms with Crippen molar-refractivity contribution in [3.63, 3.8) is 0 Å². The van der Waals surface area contributed by atoms with Crippen LogP contribution in [-0.2, 0) is 0 Å². The molecule has 172 valence electrons. The molecule has 0 saturated carbocycles. The Hall–Kier alpha value is -2.53. The Morgan fingerprint density at radius 3 is 2.44 bits per heavy atom. The fourth-order valence-corrected chi connectivity index (χ4v) is 4.85. The molecule has 2 atom stereocenters. The van der Waals surface area contributed by atoms with Gasteiger partial charge in [-0.15, -0.1) is 0 Å². The summed E-state index contributed by atoms with van der Waals surface area (Å²) < 4.78 is 11.8. The maximum Gasteiger partial charge on any atom is 0.255 e. The first-order chi connectivity index (χ1) is 15.7. The summed E-state index contributed by atoms with van der Waals surface area (Å²) in [5, 5.41) is 2.96. The summed E-state index contributed by atoms with van der Waals surface area (Å²) in [5.41, 5.74) is 1.38. The van der Waals surface area contributed by atoms with Crippen molar-refractivity contribution in [3.8, 4) is 11.5 Å². The third-order valence-electron chi connectivity index (χ3n) is 6.69. The summed E-state index contributed by atoms with van der Waals surface area (Å²) >= 11 is 0. The number of hydrogen-bond acceptors (Lipinski definition) is 4. The lowest BCUT2D eigenvalue weighted by Gasteiger charge is -2.44. The molecule has 0 spiro atoms. The van der Waals surface area contributed by atoms with Crippen molar-refractivity contribution in [2.24, 2.45) is 5.92 Å². The van der Waals surface area contributed by atoms with Crippen LogP contribution in [0, 0.1) is 5.92 Å². The first kappa shape index (κ1) is 22.7. The number of nitrogens with one attached hydrogen (secondary N) is 1. The zero-order chi connectivity index (χ0) is 22.2. The van der Waals surface area contributed by atoms with Crippen LogP contribution in [0.2, 0.25) is 0 Å². The van der Waals surface area contributed by atoms with Crippen molar-refractivity contribution >= 4 is 11.6 Å². The molecule has 2 aromatic carbocycles. The predicted octanol–water partition coefficient (Wildman–Crippen LogP) is 5.76. The predicted molar refractivity (Wildman–Crippen MR) is 129 cm³/mol. The molecule has 5 nitrogen and oxygen atoms in total. The van der Waals surface area contributed by atoms with E-state index < -0.39 is 0 Å². The minimum Gasteiger partial charge on any atom is -0.494 e. The highest BCUT2D eigenvalue weighted by Crippen LogP contribution is 2.31. The Kier molecular flexibility index (Phi) is 8.05. The van der Waals surface area contributed by atoms with Gasteiger partial charge in [0.15, 0.2) is 0 Å². The van der Waals surface area contributed by atoms with E-state index in [9.17, 15) is 4.79 Å². The standard InChI is InChI=1S/C27H36N2O3/c1-2-3-19-31-24-13-9-21(10-14-24)27(30)28-23-11-15-25(16-12-23)32-20-22-7-6-18-29-17-5-4-8-26(22)29/h9-16,22,26H,2-8,17-20H2,1H3,(H,28,30). The van der Waals surface area contributed by atoms with Crippen LogP contribution in [0.1, 0.15) is 62.2 Å². The number of anilines is 1. The molecule has 32 heavy (non-hydrogen) atoms. The third-order valence-corrected chi connectivity index (χ3v) is 6.69. The number of rotatable bonds is 9. The molecule has 2 saturated heterocycles. The first-order valence-electron chi connectivity index (χ1n) is 12.2. The van der Waals surface area contributed by atoms with E-state index in [2.05, 4.69) is 17.1 Å². The van der Waals surface area contributed by atoms with Gasteiger partial charge in [0.05, 0.1) is 13.2 Å². The average Bonchev–Trinajstić information content (AvgIpc) is 2.84. The van der Waals surface area contributed by atoms with Crippen molar-refractivity contribution in [1.29, 1.82) is 0 Å². The van der Waals surface area contributed by atoms with Crippen molar-refractivity contribution in [3.05, 3.63) is 54.1 Å². The second kappa shape index (κ2) is 11.4. The van der Waals surface area contributed by atoms with Crippen molar-refractivity contribution < 1.29 is 14.3 Å². The van der Waals surface area contributed by atoms with Gasteiger partial charge in [-0.2, -0.15) is 0 Å². The van der Waals surface area contributed by atoms with Crippen LogP contribution in [-0.4, -0.2) is 43.2 Å². The summed E-state index contributed by atoms with van der Waals surface area (Å²) in [6.45, 7) is 6.13. The molecular formula is C27H36N2O3. The maximum absolute atomic E-state index is 12.5. The lowest BCUT2D eigenvalue weighted by atomic mass is 9.84. The summed E-state index contributed by atoms with van der Waals surface area (Å²) in [4.78, 5) is 15.2. The van der Waals surface area contributed by atoms with Gasteiger partial charge in [-0.25, -0.2) is 0 Å². The minimum atomic E-state index is -0.127. The van der Waals surface area contributed by atoms with E-state index in [0.717, 1.165) is 36.6 Å². The largest absolute Gasteiger partial charge is 0.494 e. The molecule has 1 N–H and O–H groups in total. The van der Waals surface area contributed by atoms with E-state index in [1.807, 2.05) is 36.4 Å². The van der Waals surface area contributed by atoms with Crippen LogP contribution in [0.4, 0.5) is 5.69 Å². The summed E-state index contributed by atoms with van der Waals surface area (Å²) in [6, 6.07) is 15.7. The molecule has 0 bridgehead atoms. The van der Waals surface area contributed by atoms with Crippen LogP contribution < -0.4 is 14.8 Å². The molecular weight excluding hydrogens is 400 g/mol. The van der Waals surface area contributed by atoms with Crippen molar-refractivity contribution in [1.82, 2.24) is 4.90 Å². The molecule has 2 aliphatic heterocycles. The Morgan fingerprint density at radius 2 is 1.66 bits per heavy atom. The normalized spacial score (nSPS) is 20.9. The molecule has 2 heterocycles. The van der Waals surface area contributed by atoms with Gasteiger partial charge in [0.25, 0.3) is 5.91 Å². The van der Waals surface area contributed by atoms with Crippen LogP contribution >= 0.6 is 0 Å².